The quantitative estimate of drug-likeness (QED) is 0.493. The smallest absolute Gasteiger partial charge is 0.254 e. The molecule has 180 valence electrons. The molecule has 0 aromatic heterocycles. The minimum absolute atomic E-state index is 0.00569. The van der Waals surface area contributed by atoms with Crippen molar-refractivity contribution in [3.63, 3.8) is 0 Å². The van der Waals surface area contributed by atoms with E-state index in [1.165, 1.54) is 11.1 Å². The summed E-state index contributed by atoms with van der Waals surface area (Å²) >= 11 is 0. The standard InChI is InChI=1S/C31H34N2O2/c1-21-16-17-25(22(2)20-21)29-28(30(34)32-19-18-23-10-4-3-5-11-23)26-14-8-9-15-27(26)31(35)33(29)24-12-6-7-13-24/h3-5,8-11,14-17,20,24,28-29H,6-7,12-13,18-19H2,1-2H3,(H,32,34)/t28-,29+/m1/s1. The molecule has 1 heterocycles. The number of hydrogen-bond acceptors (Lipinski definition) is 2. The second-order valence-corrected chi connectivity index (χ2v) is 10.0. The predicted molar refractivity (Wildman–Crippen MR) is 139 cm³/mol. The van der Waals surface area contributed by atoms with E-state index in [-0.39, 0.29) is 23.9 Å². The molecule has 3 aromatic rings. The first kappa shape index (κ1) is 23.3. The lowest BCUT2D eigenvalue weighted by molar-refractivity contribution is -0.124. The second kappa shape index (κ2) is 10.1. The Hall–Kier alpha value is -3.40. The van der Waals surface area contributed by atoms with Crippen LogP contribution in [0.25, 0.3) is 0 Å². The van der Waals surface area contributed by atoms with Crippen LogP contribution in [-0.4, -0.2) is 29.3 Å². The topological polar surface area (TPSA) is 49.4 Å². The third kappa shape index (κ3) is 4.62. The van der Waals surface area contributed by atoms with Gasteiger partial charge in [-0.25, -0.2) is 0 Å². The third-order valence-electron chi connectivity index (χ3n) is 7.68. The summed E-state index contributed by atoms with van der Waals surface area (Å²) in [6, 6.07) is 24.2. The van der Waals surface area contributed by atoms with E-state index >= 15 is 0 Å². The molecule has 3 aromatic carbocycles. The zero-order chi connectivity index (χ0) is 24.4. The first-order valence-electron chi connectivity index (χ1n) is 12.8. The van der Waals surface area contributed by atoms with E-state index < -0.39 is 5.92 Å². The van der Waals surface area contributed by atoms with E-state index in [9.17, 15) is 9.59 Å². The zero-order valence-electron chi connectivity index (χ0n) is 20.7. The van der Waals surface area contributed by atoms with Crippen molar-refractivity contribution in [2.24, 2.45) is 0 Å². The van der Waals surface area contributed by atoms with Gasteiger partial charge in [-0.2, -0.15) is 0 Å². The highest BCUT2D eigenvalue weighted by Gasteiger charge is 2.47. The molecule has 35 heavy (non-hydrogen) atoms. The average Bonchev–Trinajstić information content (AvgIpc) is 3.39. The number of benzene rings is 3. The van der Waals surface area contributed by atoms with Crippen LogP contribution < -0.4 is 5.32 Å². The van der Waals surface area contributed by atoms with Gasteiger partial charge in [-0.15, -0.1) is 0 Å². The molecule has 2 aliphatic rings. The molecule has 4 nitrogen and oxygen atoms in total. The molecule has 0 radical (unpaired) electrons. The molecule has 2 atom stereocenters. The first-order valence-corrected chi connectivity index (χ1v) is 12.8. The highest BCUT2D eigenvalue weighted by molar-refractivity contribution is 6.01. The predicted octanol–water partition coefficient (Wildman–Crippen LogP) is 5.89. The lowest BCUT2D eigenvalue weighted by atomic mass is 9.77. The Morgan fingerprint density at radius 3 is 2.37 bits per heavy atom. The summed E-state index contributed by atoms with van der Waals surface area (Å²) in [6.07, 6.45) is 5.03. The van der Waals surface area contributed by atoms with Crippen LogP contribution in [0, 0.1) is 13.8 Å². The van der Waals surface area contributed by atoms with E-state index in [4.69, 9.17) is 0 Å². The van der Waals surface area contributed by atoms with E-state index in [2.05, 4.69) is 54.4 Å². The fourth-order valence-corrected chi connectivity index (χ4v) is 5.99. The molecular formula is C31H34N2O2. The fourth-order valence-electron chi connectivity index (χ4n) is 5.99. The van der Waals surface area contributed by atoms with Gasteiger partial charge in [-0.3, -0.25) is 9.59 Å². The van der Waals surface area contributed by atoms with E-state index in [0.29, 0.717) is 12.1 Å². The molecule has 1 N–H and O–H groups in total. The third-order valence-corrected chi connectivity index (χ3v) is 7.68. The van der Waals surface area contributed by atoms with Crippen molar-refractivity contribution >= 4 is 11.8 Å². The van der Waals surface area contributed by atoms with Crippen LogP contribution >= 0.6 is 0 Å². The van der Waals surface area contributed by atoms with Gasteiger partial charge in [-0.1, -0.05) is 85.1 Å². The van der Waals surface area contributed by atoms with Gasteiger partial charge < -0.3 is 10.2 Å². The normalized spacial score (nSPS) is 20.1. The molecule has 2 amide bonds. The number of fused-ring (bicyclic) bond motifs is 1. The Labute approximate surface area is 208 Å². The largest absolute Gasteiger partial charge is 0.355 e. The van der Waals surface area contributed by atoms with E-state index in [1.807, 2.05) is 42.5 Å². The number of nitrogens with one attached hydrogen (secondary N) is 1. The minimum atomic E-state index is -0.443. The Bertz CT molecular complexity index is 1210. The molecule has 1 aliphatic carbocycles. The van der Waals surface area contributed by atoms with Gasteiger partial charge in [0, 0.05) is 18.2 Å². The van der Waals surface area contributed by atoms with Gasteiger partial charge in [0.2, 0.25) is 5.91 Å². The van der Waals surface area contributed by atoms with Crippen molar-refractivity contribution < 1.29 is 9.59 Å². The van der Waals surface area contributed by atoms with E-state index in [0.717, 1.165) is 48.8 Å². The highest BCUT2D eigenvalue weighted by atomic mass is 16.2. The molecule has 5 rings (SSSR count). The maximum Gasteiger partial charge on any atom is 0.254 e. The van der Waals surface area contributed by atoms with Crippen LogP contribution in [0.4, 0.5) is 0 Å². The van der Waals surface area contributed by atoms with Crippen LogP contribution in [0.3, 0.4) is 0 Å². The number of carbonyl (C=O) groups excluding carboxylic acids is 2. The number of nitrogens with zero attached hydrogens (tertiary/aromatic N) is 1. The van der Waals surface area contributed by atoms with Gasteiger partial charge in [0.25, 0.3) is 5.91 Å². The summed E-state index contributed by atoms with van der Waals surface area (Å²) in [5.41, 5.74) is 6.11. The van der Waals surface area contributed by atoms with Crippen molar-refractivity contribution in [3.05, 3.63) is 106 Å². The monoisotopic (exact) mass is 466 g/mol. The lowest BCUT2D eigenvalue weighted by Gasteiger charge is -2.45. The molecule has 1 saturated carbocycles. The lowest BCUT2D eigenvalue weighted by Crippen LogP contribution is -2.51. The van der Waals surface area contributed by atoms with Crippen LogP contribution in [-0.2, 0) is 11.2 Å². The van der Waals surface area contributed by atoms with Crippen LogP contribution in [0.15, 0.2) is 72.8 Å². The molecule has 1 fully saturated rings. The summed E-state index contributed by atoms with van der Waals surface area (Å²) in [7, 11) is 0. The van der Waals surface area contributed by atoms with Crippen molar-refractivity contribution in [3.8, 4) is 0 Å². The van der Waals surface area contributed by atoms with Crippen LogP contribution in [0.5, 0.6) is 0 Å². The van der Waals surface area contributed by atoms with Crippen molar-refractivity contribution in [1.82, 2.24) is 10.2 Å². The number of amides is 2. The van der Waals surface area contributed by atoms with Crippen LogP contribution in [0.2, 0.25) is 0 Å². The molecule has 4 heteroatoms. The molecule has 0 spiro atoms. The Morgan fingerprint density at radius 2 is 1.63 bits per heavy atom. The molecule has 0 unspecified atom stereocenters. The number of hydrogen-bond donors (Lipinski definition) is 1. The minimum Gasteiger partial charge on any atom is -0.355 e. The Balaban J connectivity index is 1.55. The Kier molecular flexibility index (Phi) is 6.72. The Morgan fingerprint density at radius 1 is 0.914 bits per heavy atom. The van der Waals surface area contributed by atoms with Gasteiger partial charge in [0.1, 0.15) is 0 Å². The average molecular weight is 467 g/mol. The maximum atomic E-state index is 13.9. The molecule has 0 bridgehead atoms. The summed E-state index contributed by atoms with van der Waals surface area (Å²) in [5, 5.41) is 3.22. The number of carbonyl (C=O) groups is 2. The van der Waals surface area contributed by atoms with Gasteiger partial charge in [-0.05, 0) is 61.4 Å². The second-order valence-electron chi connectivity index (χ2n) is 10.0. The summed E-state index contributed by atoms with van der Waals surface area (Å²) in [5.74, 6) is -0.388. The van der Waals surface area contributed by atoms with Gasteiger partial charge in [0.15, 0.2) is 0 Å². The molecule has 1 aliphatic heterocycles. The summed E-state index contributed by atoms with van der Waals surface area (Å²) in [6.45, 7) is 4.75. The molecule has 0 saturated heterocycles. The van der Waals surface area contributed by atoms with Crippen LogP contribution in [0.1, 0.15) is 75.8 Å². The van der Waals surface area contributed by atoms with Gasteiger partial charge in [0.05, 0.1) is 12.0 Å². The van der Waals surface area contributed by atoms with Crippen molar-refractivity contribution in [2.45, 2.75) is 64.0 Å². The number of aryl methyl sites for hydroxylation is 2. The molecular weight excluding hydrogens is 432 g/mol. The maximum absolute atomic E-state index is 13.9. The van der Waals surface area contributed by atoms with Gasteiger partial charge >= 0.3 is 0 Å². The van der Waals surface area contributed by atoms with E-state index in [1.54, 1.807) is 0 Å². The van der Waals surface area contributed by atoms with Crippen molar-refractivity contribution in [1.29, 1.82) is 0 Å². The highest BCUT2D eigenvalue weighted by Crippen LogP contribution is 2.46. The van der Waals surface area contributed by atoms with Crippen molar-refractivity contribution in [2.75, 3.05) is 6.54 Å². The SMILES string of the molecule is Cc1ccc([C@H]2[C@H](C(=O)NCCc3ccccc3)c3ccccc3C(=O)N2C2CCCC2)c(C)c1. The zero-order valence-corrected chi connectivity index (χ0v) is 20.7. The summed E-state index contributed by atoms with van der Waals surface area (Å²) < 4.78 is 0. The number of rotatable bonds is 6. The first-order chi connectivity index (χ1) is 17.0. The summed E-state index contributed by atoms with van der Waals surface area (Å²) in [4.78, 5) is 29.9. The fraction of sp³-hybridized carbons (Fsp3) is 0.355.